The van der Waals surface area contributed by atoms with E-state index in [1.807, 2.05) is 36.4 Å². The van der Waals surface area contributed by atoms with Crippen LogP contribution in [0.3, 0.4) is 0 Å². The third-order valence-electron chi connectivity index (χ3n) is 3.75. The Balaban J connectivity index is 1.69. The molecule has 27 heavy (non-hydrogen) atoms. The standard InChI is InChI=1S/C18H19N5O3S/c1-12(17(24)19-13-5-4-6-16(11-13)26-3)27-18-20-21-22-23(18)14-7-9-15(25-2)10-8-14/h4-12H,1-3H3,(H,19,24)/t12-/m1/s1. The Hall–Kier alpha value is -3.07. The molecule has 2 aromatic carbocycles. The molecule has 1 amide bonds. The van der Waals surface area contributed by atoms with Gasteiger partial charge in [0.15, 0.2) is 0 Å². The van der Waals surface area contributed by atoms with Crippen molar-refractivity contribution in [1.29, 1.82) is 0 Å². The molecule has 0 radical (unpaired) electrons. The van der Waals surface area contributed by atoms with E-state index < -0.39 is 5.25 Å². The summed E-state index contributed by atoms with van der Waals surface area (Å²) in [6, 6.07) is 14.5. The molecular weight excluding hydrogens is 366 g/mol. The Morgan fingerprint density at radius 1 is 1.11 bits per heavy atom. The zero-order chi connectivity index (χ0) is 19.2. The summed E-state index contributed by atoms with van der Waals surface area (Å²) in [7, 11) is 3.19. The number of ether oxygens (including phenoxy) is 2. The van der Waals surface area contributed by atoms with Crippen molar-refractivity contribution < 1.29 is 14.3 Å². The summed E-state index contributed by atoms with van der Waals surface area (Å²) in [5.74, 6) is 1.26. The zero-order valence-electron chi connectivity index (χ0n) is 15.1. The van der Waals surface area contributed by atoms with E-state index in [0.717, 1.165) is 11.4 Å². The fourth-order valence-corrected chi connectivity index (χ4v) is 3.10. The third kappa shape index (κ3) is 4.56. The van der Waals surface area contributed by atoms with Gasteiger partial charge >= 0.3 is 0 Å². The van der Waals surface area contributed by atoms with E-state index in [-0.39, 0.29) is 5.91 Å². The molecule has 1 atom stereocenters. The van der Waals surface area contributed by atoms with Crippen LogP contribution < -0.4 is 14.8 Å². The molecule has 9 heteroatoms. The lowest BCUT2D eigenvalue weighted by atomic mass is 10.3. The van der Waals surface area contributed by atoms with Crippen LogP contribution in [0.2, 0.25) is 0 Å². The molecule has 0 aliphatic heterocycles. The summed E-state index contributed by atoms with van der Waals surface area (Å²) in [4.78, 5) is 12.5. The number of nitrogens with one attached hydrogen (secondary N) is 1. The van der Waals surface area contributed by atoms with Crippen molar-refractivity contribution in [2.45, 2.75) is 17.3 Å². The van der Waals surface area contributed by atoms with Crippen LogP contribution in [-0.2, 0) is 4.79 Å². The SMILES string of the molecule is COc1ccc(-n2nnnc2S[C@H](C)C(=O)Nc2cccc(OC)c2)cc1. The fraction of sp³-hybridized carbons (Fsp3) is 0.222. The first-order valence-electron chi connectivity index (χ1n) is 8.15. The Morgan fingerprint density at radius 3 is 2.56 bits per heavy atom. The number of amides is 1. The highest BCUT2D eigenvalue weighted by Crippen LogP contribution is 2.25. The van der Waals surface area contributed by atoms with Gasteiger partial charge in [0, 0.05) is 11.8 Å². The van der Waals surface area contributed by atoms with Crippen LogP contribution in [0.25, 0.3) is 5.69 Å². The molecule has 3 aromatic rings. The normalized spacial score (nSPS) is 11.7. The van der Waals surface area contributed by atoms with Crippen molar-refractivity contribution in [3.05, 3.63) is 48.5 Å². The van der Waals surface area contributed by atoms with E-state index in [9.17, 15) is 4.79 Å². The fourth-order valence-electron chi connectivity index (χ4n) is 2.29. The van der Waals surface area contributed by atoms with E-state index in [1.54, 1.807) is 38.0 Å². The molecule has 140 valence electrons. The molecule has 8 nitrogen and oxygen atoms in total. The lowest BCUT2D eigenvalue weighted by molar-refractivity contribution is -0.115. The van der Waals surface area contributed by atoms with Crippen LogP contribution in [0, 0.1) is 0 Å². The number of thioether (sulfide) groups is 1. The molecule has 0 saturated heterocycles. The van der Waals surface area contributed by atoms with Crippen molar-refractivity contribution in [2.75, 3.05) is 19.5 Å². The Labute approximate surface area is 160 Å². The van der Waals surface area contributed by atoms with Crippen LogP contribution in [0.4, 0.5) is 5.69 Å². The van der Waals surface area contributed by atoms with Crippen LogP contribution in [0.15, 0.2) is 53.7 Å². The lowest BCUT2D eigenvalue weighted by Crippen LogP contribution is -2.22. The highest BCUT2D eigenvalue weighted by atomic mass is 32.2. The van der Waals surface area contributed by atoms with E-state index in [1.165, 1.54) is 11.8 Å². The predicted octanol–water partition coefficient (Wildman–Crippen LogP) is 2.80. The van der Waals surface area contributed by atoms with Gasteiger partial charge in [-0.3, -0.25) is 4.79 Å². The minimum Gasteiger partial charge on any atom is -0.497 e. The van der Waals surface area contributed by atoms with Crippen molar-refractivity contribution in [3.63, 3.8) is 0 Å². The van der Waals surface area contributed by atoms with Crippen LogP contribution in [0.1, 0.15) is 6.92 Å². The molecule has 0 spiro atoms. The molecule has 1 N–H and O–H groups in total. The number of aromatic nitrogens is 4. The Morgan fingerprint density at radius 2 is 1.85 bits per heavy atom. The van der Waals surface area contributed by atoms with Crippen molar-refractivity contribution in [1.82, 2.24) is 20.2 Å². The first-order valence-corrected chi connectivity index (χ1v) is 9.03. The summed E-state index contributed by atoms with van der Waals surface area (Å²) in [6.07, 6.45) is 0. The van der Waals surface area contributed by atoms with E-state index in [4.69, 9.17) is 9.47 Å². The van der Waals surface area contributed by atoms with Crippen LogP contribution in [-0.4, -0.2) is 45.6 Å². The molecular formula is C18H19N5O3S. The molecule has 1 aromatic heterocycles. The second kappa shape index (κ2) is 8.54. The van der Waals surface area contributed by atoms with Gasteiger partial charge in [0.1, 0.15) is 11.5 Å². The van der Waals surface area contributed by atoms with Gasteiger partial charge in [0.25, 0.3) is 0 Å². The number of hydrogen-bond donors (Lipinski definition) is 1. The largest absolute Gasteiger partial charge is 0.497 e. The van der Waals surface area contributed by atoms with E-state index >= 15 is 0 Å². The summed E-state index contributed by atoms with van der Waals surface area (Å²) in [6.45, 7) is 1.80. The van der Waals surface area contributed by atoms with Gasteiger partial charge in [-0.05, 0) is 53.7 Å². The number of nitrogens with zero attached hydrogens (tertiary/aromatic N) is 4. The Kier molecular flexibility index (Phi) is 5.92. The van der Waals surface area contributed by atoms with Gasteiger partial charge in [-0.1, -0.05) is 17.8 Å². The smallest absolute Gasteiger partial charge is 0.237 e. The minimum atomic E-state index is -0.404. The molecule has 0 bridgehead atoms. The van der Waals surface area contributed by atoms with Gasteiger partial charge < -0.3 is 14.8 Å². The summed E-state index contributed by atoms with van der Waals surface area (Å²) < 4.78 is 11.9. The second-order valence-electron chi connectivity index (χ2n) is 5.55. The number of methoxy groups -OCH3 is 2. The number of carbonyl (C=O) groups excluding carboxylic acids is 1. The molecule has 0 unspecified atom stereocenters. The number of benzene rings is 2. The highest BCUT2D eigenvalue weighted by Gasteiger charge is 2.19. The number of rotatable bonds is 7. The van der Waals surface area contributed by atoms with E-state index in [2.05, 4.69) is 20.8 Å². The third-order valence-corrected chi connectivity index (χ3v) is 4.78. The van der Waals surface area contributed by atoms with Crippen molar-refractivity contribution >= 4 is 23.4 Å². The zero-order valence-corrected chi connectivity index (χ0v) is 15.9. The predicted molar refractivity (Wildman–Crippen MR) is 103 cm³/mol. The second-order valence-corrected chi connectivity index (χ2v) is 6.86. The molecule has 0 aliphatic carbocycles. The maximum Gasteiger partial charge on any atom is 0.237 e. The summed E-state index contributed by atoms with van der Waals surface area (Å²) >= 11 is 1.27. The number of anilines is 1. The quantitative estimate of drug-likeness (QED) is 0.625. The average molecular weight is 385 g/mol. The van der Waals surface area contributed by atoms with Gasteiger partial charge in [0.2, 0.25) is 11.1 Å². The maximum absolute atomic E-state index is 12.5. The van der Waals surface area contributed by atoms with Crippen LogP contribution in [0.5, 0.6) is 11.5 Å². The number of hydrogen-bond acceptors (Lipinski definition) is 7. The topological polar surface area (TPSA) is 91.2 Å². The van der Waals surface area contributed by atoms with Gasteiger partial charge in [0.05, 0.1) is 25.2 Å². The number of tetrazole rings is 1. The summed E-state index contributed by atoms with van der Waals surface area (Å²) in [5.41, 5.74) is 1.45. The monoisotopic (exact) mass is 385 g/mol. The minimum absolute atomic E-state index is 0.155. The summed E-state index contributed by atoms with van der Waals surface area (Å²) in [5, 5.41) is 14.7. The average Bonchev–Trinajstić information content (AvgIpc) is 3.16. The van der Waals surface area contributed by atoms with Gasteiger partial charge in [-0.15, -0.1) is 5.10 Å². The Bertz CT molecular complexity index is 913. The first-order chi connectivity index (χ1) is 13.1. The molecule has 0 saturated carbocycles. The first kappa shape index (κ1) is 18.7. The maximum atomic E-state index is 12.5. The van der Waals surface area contributed by atoms with Crippen molar-refractivity contribution in [2.24, 2.45) is 0 Å². The molecule has 0 aliphatic rings. The molecule has 3 rings (SSSR count). The van der Waals surface area contributed by atoms with Gasteiger partial charge in [-0.25, -0.2) is 0 Å². The van der Waals surface area contributed by atoms with Crippen molar-refractivity contribution in [3.8, 4) is 17.2 Å². The van der Waals surface area contributed by atoms with E-state index in [0.29, 0.717) is 16.6 Å². The highest BCUT2D eigenvalue weighted by molar-refractivity contribution is 8.00. The molecule has 1 heterocycles. The van der Waals surface area contributed by atoms with Crippen LogP contribution >= 0.6 is 11.8 Å². The van der Waals surface area contributed by atoms with Gasteiger partial charge in [-0.2, -0.15) is 4.68 Å². The molecule has 0 fully saturated rings. The lowest BCUT2D eigenvalue weighted by Gasteiger charge is -2.12. The number of carbonyl (C=O) groups is 1.